The maximum Gasteiger partial charge on any atom is 0.251 e. The third-order valence-electron chi connectivity index (χ3n) is 4.72. The maximum atomic E-state index is 11.6. The summed E-state index contributed by atoms with van der Waals surface area (Å²) in [6.07, 6.45) is 2.56. The summed E-state index contributed by atoms with van der Waals surface area (Å²) in [5, 5.41) is 9.25. The molecule has 1 saturated carbocycles. The van der Waals surface area contributed by atoms with Crippen LogP contribution in [0.25, 0.3) is 0 Å². The lowest BCUT2D eigenvalue weighted by Gasteiger charge is -2.15. The molecular formula is C22H29IN4O2. The van der Waals surface area contributed by atoms with Gasteiger partial charge in [-0.3, -0.25) is 9.79 Å². The summed E-state index contributed by atoms with van der Waals surface area (Å²) in [4.78, 5) is 15.9. The predicted octanol–water partition coefficient (Wildman–Crippen LogP) is 3.32. The molecule has 1 aliphatic rings. The molecule has 1 amide bonds. The molecule has 0 unspecified atom stereocenters. The number of para-hydroxylation sites is 1. The van der Waals surface area contributed by atoms with E-state index in [1.807, 2.05) is 42.5 Å². The van der Waals surface area contributed by atoms with Gasteiger partial charge in [0.15, 0.2) is 5.96 Å². The number of rotatable bonds is 8. The zero-order valence-corrected chi connectivity index (χ0v) is 19.2. The van der Waals surface area contributed by atoms with E-state index in [1.54, 1.807) is 14.1 Å². The van der Waals surface area contributed by atoms with Gasteiger partial charge in [0.1, 0.15) is 5.75 Å². The SMILES string of the molecule is CN=C(NCc1ccc(C(=O)NC)cc1)NCc1ccccc1OCC1CC1.I. The summed E-state index contributed by atoms with van der Waals surface area (Å²) in [6, 6.07) is 15.6. The largest absolute Gasteiger partial charge is 0.493 e. The average Bonchev–Trinajstić information content (AvgIpc) is 3.57. The van der Waals surface area contributed by atoms with Gasteiger partial charge < -0.3 is 20.7 Å². The minimum atomic E-state index is -0.0837. The zero-order valence-electron chi connectivity index (χ0n) is 16.9. The first-order chi connectivity index (χ1) is 13.7. The van der Waals surface area contributed by atoms with Crippen molar-refractivity contribution in [1.82, 2.24) is 16.0 Å². The fourth-order valence-corrected chi connectivity index (χ4v) is 2.79. The van der Waals surface area contributed by atoms with Crippen molar-refractivity contribution >= 4 is 35.8 Å². The first-order valence-electron chi connectivity index (χ1n) is 9.66. The molecular weight excluding hydrogens is 479 g/mol. The van der Waals surface area contributed by atoms with Gasteiger partial charge in [-0.25, -0.2) is 0 Å². The van der Waals surface area contributed by atoms with Crippen molar-refractivity contribution in [3.05, 3.63) is 65.2 Å². The Hall–Kier alpha value is -2.29. The number of nitrogens with zero attached hydrogens (tertiary/aromatic N) is 1. The number of benzene rings is 2. The van der Waals surface area contributed by atoms with Crippen molar-refractivity contribution in [2.45, 2.75) is 25.9 Å². The summed E-state index contributed by atoms with van der Waals surface area (Å²) in [5.74, 6) is 2.29. The van der Waals surface area contributed by atoms with E-state index in [-0.39, 0.29) is 29.9 Å². The van der Waals surface area contributed by atoms with Gasteiger partial charge in [0.05, 0.1) is 6.61 Å². The van der Waals surface area contributed by atoms with Crippen molar-refractivity contribution in [3.63, 3.8) is 0 Å². The van der Waals surface area contributed by atoms with Crippen LogP contribution in [-0.4, -0.2) is 32.6 Å². The number of halogens is 1. The standard InChI is InChI=1S/C22H28N4O2.HI/c1-23-21(27)18-11-9-16(10-12-18)13-25-22(24-2)26-14-19-5-3-4-6-20(19)28-15-17-7-8-17;/h3-6,9-12,17H,7-8,13-15H2,1-2H3,(H,23,27)(H2,24,25,26);1H. The second kappa shape index (κ2) is 11.6. The molecule has 0 saturated heterocycles. The Kier molecular flexibility index (Phi) is 9.24. The van der Waals surface area contributed by atoms with Crippen LogP contribution in [0.2, 0.25) is 0 Å². The van der Waals surface area contributed by atoms with E-state index in [0.717, 1.165) is 29.4 Å². The molecule has 0 aliphatic heterocycles. The Morgan fingerprint density at radius 1 is 1.07 bits per heavy atom. The smallest absolute Gasteiger partial charge is 0.251 e. The van der Waals surface area contributed by atoms with Crippen LogP contribution in [-0.2, 0) is 13.1 Å². The molecule has 6 nitrogen and oxygen atoms in total. The van der Waals surface area contributed by atoms with E-state index in [2.05, 4.69) is 27.0 Å². The van der Waals surface area contributed by atoms with Crippen molar-refractivity contribution in [1.29, 1.82) is 0 Å². The van der Waals surface area contributed by atoms with Crippen LogP contribution in [0.15, 0.2) is 53.5 Å². The number of amides is 1. The number of hydrogen-bond donors (Lipinski definition) is 3. The highest BCUT2D eigenvalue weighted by Gasteiger charge is 2.22. The molecule has 1 fully saturated rings. The molecule has 2 aromatic rings. The van der Waals surface area contributed by atoms with Crippen LogP contribution < -0.4 is 20.7 Å². The van der Waals surface area contributed by atoms with E-state index in [1.165, 1.54) is 12.8 Å². The lowest BCUT2D eigenvalue weighted by molar-refractivity contribution is 0.0963. The van der Waals surface area contributed by atoms with Gasteiger partial charge in [-0.2, -0.15) is 0 Å². The molecule has 7 heteroatoms. The summed E-state index contributed by atoms with van der Waals surface area (Å²) in [5.41, 5.74) is 2.83. The van der Waals surface area contributed by atoms with Crippen molar-refractivity contribution < 1.29 is 9.53 Å². The van der Waals surface area contributed by atoms with Gasteiger partial charge in [-0.15, -0.1) is 24.0 Å². The van der Waals surface area contributed by atoms with Gasteiger partial charge in [0, 0.05) is 38.3 Å². The second-order valence-corrected chi connectivity index (χ2v) is 6.92. The number of guanidine groups is 1. The van der Waals surface area contributed by atoms with Crippen LogP contribution in [0.3, 0.4) is 0 Å². The van der Waals surface area contributed by atoms with Crippen LogP contribution in [0, 0.1) is 5.92 Å². The number of carbonyl (C=O) groups excluding carboxylic acids is 1. The third-order valence-corrected chi connectivity index (χ3v) is 4.72. The molecule has 156 valence electrons. The maximum absolute atomic E-state index is 11.6. The second-order valence-electron chi connectivity index (χ2n) is 6.92. The van der Waals surface area contributed by atoms with Gasteiger partial charge >= 0.3 is 0 Å². The number of hydrogen-bond acceptors (Lipinski definition) is 3. The summed E-state index contributed by atoms with van der Waals surface area (Å²) in [6.45, 7) is 2.06. The van der Waals surface area contributed by atoms with E-state index >= 15 is 0 Å². The van der Waals surface area contributed by atoms with Crippen LogP contribution >= 0.6 is 24.0 Å². The molecule has 0 aromatic heterocycles. The van der Waals surface area contributed by atoms with E-state index in [9.17, 15) is 4.79 Å². The third kappa shape index (κ3) is 7.23. The summed E-state index contributed by atoms with van der Waals surface area (Å²) < 4.78 is 5.96. The highest BCUT2D eigenvalue weighted by Crippen LogP contribution is 2.30. The zero-order chi connectivity index (χ0) is 19.8. The van der Waals surface area contributed by atoms with E-state index in [0.29, 0.717) is 24.6 Å². The monoisotopic (exact) mass is 508 g/mol. The molecule has 1 aliphatic carbocycles. The first kappa shape index (κ1) is 23.0. The van der Waals surface area contributed by atoms with Crippen molar-refractivity contribution in [3.8, 4) is 5.75 Å². The molecule has 0 heterocycles. The quantitative estimate of drug-likeness (QED) is 0.291. The Morgan fingerprint density at radius 2 is 1.76 bits per heavy atom. The highest BCUT2D eigenvalue weighted by molar-refractivity contribution is 14.0. The molecule has 0 spiro atoms. The number of aliphatic imine (C=N–C) groups is 1. The molecule has 3 N–H and O–H groups in total. The predicted molar refractivity (Wildman–Crippen MR) is 127 cm³/mol. The Morgan fingerprint density at radius 3 is 2.41 bits per heavy atom. The Labute approximate surface area is 189 Å². The molecule has 0 bridgehead atoms. The molecule has 0 radical (unpaired) electrons. The van der Waals surface area contributed by atoms with Crippen LogP contribution in [0.5, 0.6) is 5.75 Å². The lowest BCUT2D eigenvalue weighted by atomic mass is 10.1. The Bertz CT molecular complexity index is 820. The van der Waals surface area contributed by atoms with Gasteiger partial charge in [-0.05, 0) is 42.5 Å². The fraction of sp³-hybridized carbons (Fsp3) is 0.364. The van der Waals surface area contributed by atoms with Crippen LogP contribution in [0.1, 0.15) is 34.3 Å². The number of carbonyl (C=O) groups is 1. The fourth-order valence-electron chi connectivity index (χ4n) is 2.79. The Balaban J connectivity index is 0.00000300. The topological polar surface area (TPSA) is 74.8 Å². The average molecular weight is 508 g/mol. The minimum absolute atomic E-state index is 0. The van der Waals surface area contributed by atoms with Crippen LogP contribution in [0.4, 0.5) is 0 Å². The van der Waals surface area contributed by atoms with Gasteiger partial charge in [0.2, 0.25) is 0 Å². The van der Waals surface area contributed by atoms with Crippen molar-refractivity contribution in [2.24, 2.45) is 10.9 Å². The molecule has 0 atom stereocenters. The van der Waals surface area contributed by atoms with Gasteiger partial charge in [-0.1, -0.05) is 30.3 Å². The summed E-state index contributed by atoms with van der Waals surface area (Å²) in [7, 11) is 3.38. The molecule has 29 heavy (non-hydrogen) atoms. The molecule has 2 aromatic carbocycles. The van der Waals surface area contributed by atoms with Gasteiger partial charge in [0.25, 0.3) is 5.91 Å². The minimum Gasteiger partial charge on any atom is -0.493 e. The lowest BCUT2D eigenvalue weighted by Crippen LogP contribution is -2.36. The number of nitrogens with one attached hydrogen (secondary N) is 3. The van der Waals surface area contributed by atoms with E-state index in [4.69, 9.17) is 4.74 Å². The first-order valence-corrected chi connectivity index (χ1v) is 9.66. The normalized spacial score (nSPS) is 13.2. The van der Waals surface area contributed by atoms with Crippen molar-refractivity contribution in [2.75, 3.05) is 20.7 Å². The molecule has 3 rings (SSSR count). The van der Waals surface area contributed by atoms with E-state index < -0.39 is 0 Å². The summed E-state index contributed by atoms with van der Waals surface area (Å²) >= 11 is 0. The highest BCUT2D eigenvalue weighted by atomic mass is 127. The number of ether oxygens (including phenoxy) is 1.